The first-order valence-electron chi connectivity index (χ1n) is 6.06. The summed E-state index contributed by atoms with van der Waals surface area (Å²) in [6.45, 7) is 0.212. The third-order valence-corrected chi connectivity index (χ3v) is 3.04. The minimum absolute atomic E-state index is 0.0780. The fourth-order valence-electron chi connectivity index (χ4n) is 1.86. The largest absolute Gasteiger partial charge is 0.486 e. The molecule has 0 aliphatic carbocycles. The summed E-state index contributed by atoms with van der Waals surface area (Å²) in [7, 11) is 0. The van der Waals surface area contributed by atoms with E-state index in [1.165, 1.54) is 18.5 Å². The Morgan fingerprint density at radius 1 is 1.33 bits per heavy atom. The maximum atomic E-state index is 10.9. The summed E-state index contributed by atoms with van der Waals surface area (Å²) < 4.78 is 7.31. The van der Waals surface area contributed by atoms with Crippen LogP contribution in [-0.4, -0.2) is 25.4 Å². The van der Waals surface area contributed by atoms with Crippen molar-refractivity contribution in [1.29, 1.82) is 0 Å². The smallest absolute Gasteiger partial charge is 0.337 e. The lowest BCUT2D eigenvalue weighted by molar-refractivity contribution is 0.0696. The van der Waals surface area contributed by atoms with Crippen molar-refractivity contribution in [1.82, 2.24) is 14.4 Å². The topological polar surface area (TPSA) is 76.7 Å². The standard InChI is InChI=1S/C14H10ClN3O3/c15-10-1-2-13-17-11(7-18(13)6-10)8-21-12-3-9(14(19)20)4-16-5-12/h1-7H,8H2,(H,19,20). The van der Waals surface area contributed by atoms with Crippen molar-refractivity contribution in [2.45, 2.75) is 6.61 Å². The van der Waals surface area contributed by atoms with E-state index in [1.807, 2.05) is 0 Å². The van der Waals surface area contributed by atoms with Gasteiger partial charge in [-0.15, -0.1) is 0 Å². The number of ether oxygens (including phenoxy) is 1. The van der Waals surface area contributed by atoms with Crippen LogP contribution < -0.4 is 4.74 Å². The quantitative estimate of drug-likeness (QED) is 0.802. The van der Waals surface area contributed by atoms with Crippen molar-refractivity contribution in [2.75, 3.05) is 0 Å². The summed E-state index contributed by atoms with van der Waals surface area (Å²) in [5.74, 6) is -0.666. The molecule has 0 unspecified atom stereocenters. The van der Waals surface area contributed by atoms with Crippen molar-refractivity contribution in [2.24, 2.45) is 0 Å². The molecule has 6 nitrogen and oxygen atoms in total. The molecule has 3 aromatic heterocycles. The number of carbonyl (C=O) groups is 1. The highest BCUT2D eigenvalue weighted by molar-refractivity contribution is 6.30. The van der Waals surface area contributed by atoms with Gasteiger partial charge in [-0.25, -0.2) is 9.78 Å². The Morgan fingerprint density at radius 2 is 2.19 bits per heavy atom. The van der Waals surface area contributed by atoms with E-state index in [0.717, 1.165) is 5.65 Å². The number of fused-ring (bicyclic) bond motifs is 1. The molecule has 3 rings (SSSR count). The van der Waals surface area contributed by atoms with Gasteiger partial charge in [-0.05, 0) is 18.2 Å². The van der Waals surface area contributed by atoms with Crippen molar-refractivity contribution in [3.05, 3.63) is 59.3 Å². The van der Waals surface area contributed by atoms with Gasteiger partial charge in [-0.2, -0.15) is 0 Å². The van der Waals surface area contributed by atoms with Crippen molar-refractivity contribution in [3.63, 3.8) is 0 Å². The summed E-state index contributed by atoms with van der Waals surface area (Å²) in [4.78, 5) is 19.0. The number of nitrogens with zero attached hydrogens (tertiary/aromatic N) is 3. The highest BCUT2D eigenvalue weighted by Crippen LogP contribution is 2.15. The van der Waals surface area contributed by atoms with Crippen LogP contribution in [0.25, 0.3) is 5.65 Å². The molecule has 0 aliphatic rings. The molecule has 0 spiro atoms. The van der Waals surface area contributed by atoms with E-state index < -0.39 is 5.97 Å². The first-order valence-corrected chi connectivity index (χ1v) is 6.44. The van der Waals surface area contributed by atoms with Gasteiger partial charge in [0.15, 0.2) is 0 Å². The molecule has 0 bridgehead atoms. The zero-order chi connectivity index (χ0) is 14.8. The lowest BCUT2D eigenvalue weighted by Gasteiger charge is -2.03. The summed E-state index contributed by atoms with van der Waals surface area (Å²) in [5, 5.41) is 9.51. The van der Waals surface area contributed by atoms with E-state index in [9.17, 15) is 4.79 Å². The van der Waals surface area contributed by atoms with Crippen LogP contribution in [0.1, 0.15) is 16.1 Å². The van der Waals surface area contributed by atoms with Crippen LogP contribution in [-0.2, 0) is 6.61 Å². The van der Waals surface area contributed by atoms with Gasteiger partial charge in [0.2, 0.25) is 0 Å². The molecule has 7 heteroatoms. The number of rotatable bonds is 4. The average Bonchev–Trinajstić information content (AvgIpc) is 2.87. The molecule has 21 heavy (non-hydrogen) atoms. The Balaban J connectivity index is 1.77. The van der Waals surface area contributed by atoms with Crippen LogP contribution in [0, 0.1) is 0 Å². The van der Waals surface area contributed by atoms with E-state index in [2.05, 4.69) is 9.97 Å². The third kappa shape index (κ3) is 2.95. The minimum atomic E-state index is -1.05. The highest BCUT2D eigenvalue weighted by Gasteiger charge is 2.07. The molecular weight excluding hydrogens is 294 g/mol. The van der Waals surface area contributed by atoms with Crippen LogP contribution in [0.3, 0.4) is 0 Å². The SMILES string of the molecule is O=C(O)c1cncc(OCc2cn3cc(Cl)ccc3n2)c1. The Labute approximate surface area is 124 Å². The molecule has 3 heterocycles. The van der Waals surface area contributed by atoms with Gasteiger partial charge in [0.05, 0.1) is 22.5 Å². The fourth-order valence-corrected chi connectivity index (χ4v) is 2.03. The molecular formula is C14H10ClN3O3. The molecule has 106 valence electrons. The first-order chi connectivity index (χ1) is 10.1. The van der Waals surface area contributed by atoms with Gasteiger partial charge >= 0.3 is 5.97 Å². The Hall–Kier alpha value is -2.60. The van der Waals surface area contributed by atoms with Gasteiger partial charge in [-0.3, -0.25) is 4.98 Å². The summed E-state index contributed by atoms with van der Waals surface area (Å²) in [5.41, 5.74) is 1.54. The predicted octanol–water partition coefficient (Wildman–Crippen LogP) is 2.66. The zero-order valence-electron chi connectivity index (χ0n) is 10.7. The number of pyridine rings is 2. The lowest BCUT2D eigenvalue weighted by atomic mass is 10.3. The fraction of sp³-hybridized carbons (Fsp3) is 0.0714. The van der Waals surface area contributed by atoms with Crippen LogP contribution in [0.2, 0.25) is 5.02 Å². The number of aromatic nitrogens is 3. The number of carboxylic acid groups (broad SMARTS) is 1. The van der Waals surface area contributed by atoms with Crippen LogP contribution in [0.5, 0.6) is 5.75 Å². The van der Waals surface area contributed by atoms with E-state index in [1.54, 1.807) is 28.9 Å². The second kappa shape index (κ2) is 5.41. The van der Waals surface area contributed by atoms with Crippen LogP contribution in [0.4, 0.5) is 0 Å². The lowest BCUT2D eigenvalue weighted by Crippen LogP contribution is -2.00. The number of imidazole rings is 1. The number of hydrogen-bond acceptors (Lipinski definition) is 4. The Kier molecular flexibility index (Phi) is 3.45. The normalized spacial score (nSPS) is 10.7. The van der Waals surface area contributed by atoms with Gasteiger partial charge in [0, 0.05) is 18.6 Å². The summed E-state index contributed by atoms with van der Waals surface area (Å²) in [6, 6.07) is 4.98. The maximum absolute atomic E-state index is 10.9. The molecule has 0 saturated heterocycles. The second-order valence-corrected chi connectivity index (χ2v) is 4.78. The van der Waals surface area contributed by atoms with Gasteiger partial charge < -0.3 is 14.2 Å². The van der Waals surface area contributed by atoms with Gasteiger partial charge in [0.25, 0.3) is 0 Å². The number of halogens is 1. The van der Waals surface area contributed by atoms with Crippen molar-refractivity contribution < 1.29 is 14.6 Å². The van der Waals surface area contributed by atoms with E-state index in [0.29, 0.717) is 16.5 Å². The molecule has 0 atom stereocenters. The number of hydrogen-bond donors (Lipinski definition) is 1. The monoisotopic (exact) mass is 303 g/mol. The zero-order valence-corrected chi connectivity index (χ0v) is 11.5. The van der Waals surface area contributed by atoms with E-state index in [-0.39, 0.29) is 12.2 Å². The summed E-state index contributed by atoms with van der Waals surface area (Å²) in [6.07, 6.45) is 6.27. The molecule has 0 saturated carbocycles. The molecule has 0 aromatic carbocycles. The average molecular weight is 304 g/mol. The molecule has 0 fully saturated rings. The highest BCUT2D eigenvalue weighted by atomic mass is 35.5. The third-order valence-electron chi connectivity index (χ3n) is 2.81. The predicted molar refractivity (Wildman–Crippen MR) is 75.7 cm³/mol. The van der Waals surface area contributed by atoms with Crippen molar-refractivity contribution in [3.8, 4) is 5.75 Å². The maximum Gasteiger partial charge on any atom is 0.337 e. The first kappa shape index (κ1) is 13.4. The van der Waals surface area contributed by atoms with Crippen LogP contribution in [0.15, 0.2) is 43.0 Å². The van der Waals surface area contributed by atoms with E-state index in [4.69, 9.17) is 21.4 Å². The Morgan fingerprint density at radius 3 is 3.00 bits per heavy atom. The molecule has 3 aromatic rings. The molecule has 0 amide bonds. The van der Waals surface area contributed by atoms with Crippen molar-refractivity contribution >= 4 is 23.2 Å². The molecule has 1 N–H and O–H groups in total. The molecule has 0 aliphatic heterocycles. The Bertz CT molecular complexity index is 816. The molecule has 0 radical (unpaired) electrons. The minimum Gasteiger partial charge on any atom is -0.486 e. The van der Waals surface area contributed by atoms with Gasteiger partial charge in [-0.1, -0.05) is 11.6 Å². The summed E-state index contributed by atoms with van der Waals surface area (Å²) >= 11 is 5.90. The second-order valence-electron chi connectivity index (χ2n) is 4.35. The van der Waals surface area contributed by atoms with Gasteiger partial charge in [0.1, 0.15) is 18.0 Å². The number of carboxylic acids is 1. The van der Waals surface area contributed by atoms with Crippen LogP contribution >= 0.6 is 11.6 Å². The number of aromatic carboxylic acids is 1. The van der Waals surface area contributed by atoms with E-state index >= 15 is 0 Å².